The molecule has 0 aromatic heterocycles. The Morgan fingerprint density at radius 3 is 2.50 bits per heavy atom. The molecule has 0 radical (unpaired) electrons. The van der Waals surface area contributed by atoms with Gasteiger partial charge < -0.3 is 10.6 Å². The van der Waals surface area contributed by atoms with Crippen LogP contribution in [0.3, 0.4) is 0 Å². The molecule has 0 aliphatic heterocycles. The van der Waals surface area contributed by atoms with E-state index < -0.39 is 29.0 Å². The zero-order valence-electron chi connectivity index (χ0n) is 11.2. The Labute approximate surface area is 114 Å². The smallest absolute Gasteiger partial charge is 0.341 e. The molecule has 7 heteroatoms. The standard InChI is InChI=1S/C13H16F4N2O/c1-8(6-18)7-19(2)12(20)9-4-3-5-10(11(9)14)13(15,16)17/h3-5,8H,6-7,18H2,1-2H3. The molecule has 1 aromatic carbocycles. The summed E-state index contributed by atoms with van der Waals surface area (Å²) >= 11 is 0. The predicted octanol–water partition coefficient (Wildman–Crippen LogP) is 2.51. The normalized spacial score (nSPS) is 13.2. The quantitative estimate of drug-likeness (QED) is 0.867. The van der Waals surface area contributed by atoms with Gasteiger partial charge in [-0.1, -0.05) is 13.0 Å². The van der Waals surface area contributed by atoms with Crippen LogP contribution in [0.15, 0.2) is 18.2 Å². The zero-order chi connectivity index (χ0) is 15.5. The van der Waals surface area contributed by atoms with Crippen molar-refractivity contribution in [1.82, 2.24) is 4.90 Å². The highest BCUT2D eigenvalue weighted by atomic mass is 19.4. The first-order chi connectivity index (χ1) is 9.18. The molecular formula is C13H16F4N2O. The molecule has 20 heavy (non-hydrogen) atoms. The molecule has 0 spiro atoms. The molecular weight excluding hydrogens is 276 g/mol. The minimum atomic E-state index is -4.83. The van der Waals surface area contributed by atoms with Crippen LogP contribution in [0, 0.1) is 11.7 Å². The van der Waals surface area contributed by atoms with Crippen LogP contribution in [0.4, 0.5) is 17.6 Å². The first kappa shape index (κ1) is 16.4. The SMILES string of the molecule is CC(CN)CN(C)C(=O)c1cccc(C(F)(F)F)c1F. The average Bonchev–Trinajstić information content (AvgIpc) is 2.36. The molecule has 1 aromatic rings. The van der Waals surface area contributed by atoms with Gasteiger partial charge in [-0.25, -0.2) is 4.39 Å². The van der Waals surface area contributed by atoms with Crippen molar-refractivity contribution < 1.29 is 22.4 Å². The lowest BCUT2D eigenvalue weighted by atomic mass is 10.1. The van der Waals surface area contributed by atoms with Crippen LogP contribution in [-0.2, 0) is 6.18 Å². The minimum Gasteiger partial charge on any atom is -0.341 e. The first-order valence-electron chi connectivity index (χ1n) is 5.99. The van der Waals surface area contributed by atoms with Crippen LogP contribution >= 0.6 is 0 Å². The summed E-state index contributed by atoms with van der Waals surface area (Å²) in [5.74, 6) is -2.37. The maximum Gasteiger partial charge on any atom is 0.419 e. The van der Waals surface area contributed by atoms with Gasteiger partial charge in [0.05, 0.1) is 11.1 Å². The number of nitrogens with zero attached hydrogens (tertiary/aromatic N) is 1. The van der Waals surface area contributed by atoms with Crippen molar-refractivity contribution in [3.05, 3.63) is 35.1 Å². The second-order valence-corrected chi connectivity index (χ2v) is 4.69. The number of carbonyl (C=O) groups is 1. The summed E-state index contributed by atoms with van der Waals surface area (Å²) < 4.78 is 51.5. The minimum absolute atomic E-state index is 0.0298. The van der Waals surface area contributed by atoms with Crippen LogP contribution < -0.4 is 5.73 Å². The molecule has 0 aliphatic carbocycles. The molecule has 0 bridgehead atoms. The number of alkyl halides is 3. The molecule has 0 saturated carbocycles. The highest BCUT2D eigenvalue weighted by molar-refractivity contribution is 5.94. The number of benzene rings is 1. The van der Waals surface area contributed by atoms with E-state index in [-0.39, 0.29) is 12.5 Å². The fraction of sp³-hybridized carbons (Fsp3) is 0.462. The lowest BCUT2D eigenvalue weighted by molar-refractivity contribution is -0.140. The lowest BCUT2D eigenvalue weighted by Gasteiger charge is -2.21. The Morgan fingerprint density at radius 2 is 2.00 bits per heavy atom. The summed E-state index contributed by atoms with van der Waals surface area (Å²) in [7, 11) is 1.40. The summed E-state index contributed by atoms with van der Waals surface area (Å²) in [4.78, 5) is 13.1. The van der Waals surface area contributed by atoms with Crippen LogP contribution in [-0.4, -0.2) is 30.9 Å². The summed E-state index contributed by atoms with van der Waals surface area (Å²) in [6.45, 7) is 2.35. The van der Waals surface area contributed by atoms with Crippen molar-refractivity contribution in [1.29, 1.82) is 0 Å². The maximum atomic E-state index is 13.8. The van der Waals surface area contributed by atoms with Gasteiger partial charge in [-0.2, -0.15) is 13.2 Å². The molecule has 112 valence electrons. The van der Waals surface area contributed by atoms with Gasteiger partial charge in [-0.15, -0.1) is 0 Å². The third-order valence-electron chi connectivity index (χ3n) is 2.87. The van der Waals surface area contributed by atoms with Crippen LogP contribution in [0.1, 0.15) is 22.8 Å². The van der Waals surface area contributed by atoms with E-state index in [1.54, 1.807) is 6.92 Å². The van der Waals surface area contributed by atoms with Crippen molar-refractivity contribution >= 4 is 5.91 Å². The topological polar surface area (TPSA) is 46.3 Å². The van der Waals surface area contributed by atoms with Crippen LogP contribution in [0.25, 0.3) is 0 Å². The Morgan fingerprint density at radius 1 is 1.40 bits per heavy atom. The monoisotopic (exact) mass is 292 g/mol. The van der Waals surface area contributed by atoms with Crippen LogP contribution in [0.5, 0.6) is 0 Å². The first-order valence-corrected chi connectivity index (χ1v) is 5.99. The second kappa shape index (κ2) is 6.21. The van der Waals surface area contributed by atoms with E-state index in [0.29, 0.717) is 12.6 Å². The van der Waals surface area contributed by atoms with Gasteiger partial charge in [0.25, 0.3) is 5.91 Å². The molecule has 2 N–H and O–H groups in total. The van der Waals surface area contributed by atoms with Gasteiger partial charge >= 0.3 is 6.18 Å². The van der Waals surface area contributed by atoms with Crippen molar-refractivity contribution in [2.45, 2.75) is 13.1 Å². The van der Waals surface area contributed by atoms with E-state index >= 15 is 0 Å². The van der Waals surface area contributed by atoms with Crippen molar-refractivity contribution in [3.63, 3.8) is 0 Å². The number of rotatable bonds is 4. The summed E-state index contributed by atoms with van der Waals surface area (Å²) in [5.41, 5.74) is 3.38. The zero-order valence-corrected chi connectivity index (χ0v) is 11.2. The number of halogens is 4. The van der Waals surface area contributed by atoms with E-state index in [9.17, 15) is 22.4 Å². The third-order valence-corrected chi connectivity index (χ3v) is 2.87. The van der Waals surface area contributed by atoms with E-state index in [2.05, 4.69) is 0 Å². The Balaban J connectivity index is 3.06. The lowest BCUT2D eigenvalue weighted by Crippen LogP contribution is -2.34. The van der Waals surface area contributed by atoms with Gasteiger partial charge in [0.2, 0.25) is 0 Å². The number of hydrogen-bond acceptors (Lipinski definition) is 2. The van der Waals surface area contributed by atoms with Crippen LogP contribution in [0.2, 0.25) is 0 Å². The van der Waals surface area contributed by atoms with Crippen molar-refractivity contribution in [3.8, 4) is 0 Å². The maximum absolute atomic E-state index is 13.8. The highest BCUT2D eigenvalue weighted by Gasteiger charge is 2.36. The third kappa shape index (κ3) is 3.69. The average molecular weight is 292 g/mol. The molecule has 1 amide bonds. The number of nitrogens with two attached hydrogens (primary N) is 1. The predicted molar refractivity (Wildman–Crippen MR) is 66.6 cm³/mol. The van der Waals surface area contributed by atoms with E-state index in [0.717, 1.165) is 17.0 Å². The fourth-order valence-electron chi connectivity index (χ4n) is 1.75. The molecule has 3 nitrogen and oxygen atoms in total. The molecule has 1 atom stereocenters. The Bertz CT molecular complexity index is 488. The largest absolute Gasteiger partial charge is 0.419 e. The van der Waals surface area contributed by atoms with Gasteiger partial charge in [-0.05, 0) is 24.6 Å². The molecule has 0 fully saturated rings. The van der Waals surface area contributed by atoms with E-state index in [4.69, 9.17) is 5.73 Å². The molecule has 1 rings (SSSR count). The number of hydrogen-bond donors (Lipinski definition) is 1. The fourth-order valence-corrected chi connectivity index (χ4v) is 1.75. The summed E-state index contributed by atoms with van der Waals surface area (Å²) in [6, 6.07) is 2.66. The Hall–Kier alpha value is -1.63. The van der Waals surface area contributed by atoms with Crippen molar-refractivity contribution in [2.75, 3.05) is 20.1 Å². The molecule has 0 heterocycles. The molecule has 0 aliphatic rings. The number of carbonyl (C=O) groups excluding carboxylic acids is 1. The van der Waals surface area contributed by atoms with Gasteiger partial charge in [-0.3, -0.25) is 4.79 Å². The Kier molecular flexibility index (Phi) is 5.10. The second-order valence-electron chi connectivity index (χ2n) is 4.69. The highest BCUT2D eigenvalue weighted by Crippen LogP contribution is 2.32. The van der Waals surface area contributed by atoms with E-state index in [1.807, 2.05) is 0 Å². The number of amides is 1. The summed E-state index contributed by atoms with van der Waals surface area (Å²) in [6.07, 6.45) is -4.83. The van der Waals surface area contributed by atoms with Crippen molar-refractivity contribution in [2.24, 2.45) is 11.7 Å². The van der Waals surface area contributed by atoms with Gasteiger partial charge in [0.1, 0.15) is 5.82 Å². The molecule has 0 saturated heterocycles. The van der Waals surface area contributed by atoms with Gasteiger partial charge in [0, 0.05) is 13.6 Å². The van der Waals surface area contributed by atoms with Gasteiger partial charge in [0.15, 0.2) is 0 Å². The summed E-state index contributed by atoms with van der Waals surface area (Å²) in [5, 5.41) is 0. The molecule has 1 unspecified atom stereocenters. The van der Waals surface area contributed by atoms with E-state index in [1.165, 1.54) is 7.05 Å².